The molecule has 0 aliphatic heterocycles. The summed E-state index contributed by atoms with van der Waals surface area (Å²) in [6.07, 6.45) is 5.65. The molecule has 68 valence electrons. The number of benzene rings is 1. The first-order chi connectivity index (χ1) is 6.81. The van der Waals surface area contributed by atoms with Crippen LogP contribution in [0, 0.1) is 0 Å². The third kappa shape index (κ3) is 10.5. The van der Waals surface area contributed by atoms with Gasteiger partial charge in [0.1, 0.15) is 0 Å². The SMILES string of the molecule is [Li][CH2]CCCCC.[Li][c]1ccccc1. The van der Waals surface area contributed by atoms with Crippen LogP contribution in [0.5, 0.6) is 0 Å². The molecule has 0 aliphatic carbocycles. The molecule has 0 nitrogen and oxygen atoms in total. The van der Waals surface area contributed by atoms with Crippen LogP contribution in [-0.4, -0.2) is 35.4 Å². The van der Waals surface area contributed by atoms with Crippen LogP contribution in [-0.2, 0) is 0 Å². The summed E-state index contributed by atoms with van der Waals surface area (Å²) >= 11 is 4.33. The van der Waals surface area contributed by atoms with Crippen LogP contribution in [0.1, 0.15) is 32.6 Å². The Bertz CT molecular complexity index is 193. The van der Waals surface area contributed by atoms with Crippen LogP contribution in [0.15, 0.2) is 30.3 Å². The van der Waals surface area contributed by atoms with Gasteiger partial charge in [0.15, 0.2) is 0 Å². The van der Waals surface area contributed by atoms with E-state index in [1.54, 1.807) is 0 Å². The molecule has 0 saturated heterocycles. The van der Waals surface area contributed by atoms with Gasteiger partial charge in [0.05, 0.1) is 0 Å². The molecule has 0 aliphatic rings. The average Bonchev–Trinajstić information content (AvgIpc) is 2.21. The number of rotatable bonds is 4. The van der Waals surface area contributed by atoms with Crippen molar-refractivity contribution in [1.29, 1.82) is 0 Å². The number of hydrogen-bond donors (Lipinski definition) is 0. The number of unbranched alkanes of at least 4 members (excludes halogenated alkanes) is 3. The molecular formula is C12H18Li2. The first kappa shape index (κ1) is 14.4. The molecule has 0 unspecified atom stereocenters. The van der Waals surface area contributed by atoms with Crippen LogP contribution in [0.3, 0.4) is 0 Å². The normalized spacial score (nSPS) is 9.21. The Labute approximate surface area is 107 Å². The van der Waals surface area contributed by atoms with Crippen molar-refractivity contribution in [3.05, 3.63) is 30.3 Å². The molecule has 0 bridgehead atoms. The minimum atomic E-state index is 1.32. The molecule has 0 heterocycles. The average molecular weight is 176 g/mol. The molecule has 2 heteroatoms. The van der Waals surface area contributed by atoms with E-state index in [0.717, 1.165) is 0 Å². The van der Waals surface area contributed by atoms with Gasteiger partial charge in [-0.15, -0.1) is 0 Å². The van der Waals surface area contributed by atoms with E-state index in [1.165, 1.54) is 35.0 Å². The molecule has 14 heavy (non-hydrogen) atoms. The molecule has 0 spiro atoms. The zero-order valence-electron chi connectivity index (χ0n) is 9.92. The molecule has 0 saturated carbocycles. The van der Waals surface area contributed by atoms with E-state index < -0.39 is 0 Å². The van der Waals surface area contributed by atoms with Gasteiger partial charge in [0.25, 0.3) is 0 Å². The zero-order chi connectivity index (χ0) is 10.6. The standard InChI is InChI=1S/C6H5.C6H13.2Li/c1-2-4-6-5-3-1;1-3-5-6-4-2;;/h1-5H;1,3-6H2,2H3;;. The second-order valence-electron chi connectivity index (χ2n) is 3.72. The number of hydrogen-bond acceptors (Lipinski definition) is 0. The topological polar surface area (TPSA) is 0 Å². The predicted octanol–water partition coefficient (Wildman–Crippen LogP) is 2.63. The van der Waals surface area contributed by atoms with Gasteiger partial charge in [0, 0.05) is 0 Å². The van der Waals surface area contributed by atoms with Gasteiger partial charge in [-0.1, -0.05) is 0 Å². The van der Waals surface area contributed by atoms with Crippen LogP contribution in [0.4, 0.5) is 0 Å². The maximum absolute atomic E-state index is 2.25. The van der Waals surface area contributed by atoms with Gasteiger partial charge >= 0.3 is 108 Å². The van der Waals surface area contributed by atoms with Gasteiger partial charge in [-0.2, -0.15) is 0 Å². The fraction of sp³-hybridized carbons (Fsp3) is 0.500. The van der Waals surface area contributed by atoms with Crippen molar-refractivity contribution in [1.82, 2.24) is 0 Å². The van der Waals surface area contributed by atoms with E-state index in [2.05, 4.69) is 54.5 Å². The summed E-state index contributed by atoms with van der Waals surface area (Å²) in [5, 5.41) is 1.36. The van der Waals surface area contributed by atoms with Crippen molar-refractivity contribution in [3.8, 4) is 0 Å². The van der Waals surface area contributed by atoms with E-state index >= 15 is 0 Å². The molecule has 1 rings (SSSR count). The van der Waals surface area contributed by atoms with Crippen molar-refractivity contribution in [3.63, 3.8) is 0 Å². The summed E-state index contributed by atoms with van der Waals surface area (Å²) in [7, 11) is 0. The van der Waals surface area contributed by atoms with E-state index in [1.807, 2.05) is 18.2 Å². The maximum atomic E-state index is 2.25. The van der Waals surface area contributed by atoms with E-state index in [-0.39, 0.29) is 0 Å². The van der Waals surface area contributed by atoms with Crippen LogP contribution in [0.2, 0.25) is 5.09 Å². The molecule has 0 radical (unpaired) electrons. The first-order valence-electron chi connectivity index (χ1n) is 5.82. The van der Waals surface area contributed by atoms with Gasteiger partial charge < -0.3 is 0 Å². The van der Waals surface area contributed by atoms with E-state index in [4.69, 9.17) is 0 Å². The summed E-state index contributed by atoms with van der Waals surface area (Å²) in [5.41, 5.74) is 0. The minimum absolute atomic E-state index is 1.32. The Morgan fingerprint density at radius 3 is 2.00 bits per heavy atom. The summed E-state index contributed by atoms with van der Waals surface area (Å²) < 4.78 is 1.32. The first-order valence-corrected chi connectivity index (χ1v) is 5.82. The second-order valence-corrected chi connectivity index (χ2v) is 3.72. The molecular weight excluding hydrogens is 158 g/mol. The Morgan fingerprint density at radius 1 is 1.00 bits per heavy atom. The van der Waals surface area contributed by atoms with Gasteiger partial charge in [0.2, 0.25) is 0 Å². The van der Waals surface area contributed by atoms with Gasteiger partial charge in [-0.3, -0.25) is 0 Å². The molecule has 1 aromatic rings. The monoisotopic (exact) mass is 176 g/mol. The van der Waals surface area contributed by atoms with Crippen molar-refractivity contribution >= 4 is 39.7 Å². The van der Waals surface area contributed by atoms with Crippen LogP contribution < -0.4 is 4.24 Å². The summed E-state index contributed by atoms with van der Waals surface area (Å²) in [6, 6.07) is 10.3. The second kappa shape index (κ2) is 11.5. The Hall–Kier alpha value is 0.415. The van der Waals surface area contributed by atoms with Crippen molar-refractivity contribution in [2.45, 2.75) is 37.7 Å². The van der Waals surface area contributed by atoms with Crippen molar-refractivity contribution in [2.75, 3.05) is 0 Å². The quantitative estimate of drug-likeness (QED) is 0.488. The third-order valence-corrected chi connectivity index (χ3v) is 2.15. The van der Waals surface area contributed by atoms with Gasteiger partial charge in [-0.25, -0.2) is 0 Å². The van der Waals surface area contributed by atoms with Crippen LogP contribution in [0.25, 0.3) is 0 Å². The van der Waals surface area contributed by atoms with Gasteiger partial charge in [-0.05, 0) is 0 Å². The van der Waals surface area contributed by atoms with Crippen molar-refractivity contribution < 1.29 is 0 Å². The van der Waals surface area contributed by atoms with Crippen LogP contribution >= 0.6 is 0 Å². The molecule has 1 aromatic carbocycles. The molecule has 0 N–H and O–H groups in total. The zero-order valence-corrected chi connectivity index (χ0v) is 9.92. The van der Waals surface area contributed by atoms with E-state index in [0.29, 0.717) is 0 Å². The molecule has 0 atom stereocenters. The summed E-state index contributed by atoms with van der Waals surface area (Å²) in [4.78, 5) is 0. The summed E-state index contributed by atoms with van der Waals surface area (Å²) in [5.74, 6) is 0. The Kier molecular flexibility index (Phi) is 11.8. The molecule has 0 aromatic heterocycles. The predicted molar refractivity (Wildman–Crippen MR) is 66.5 cm³/mol. The summed E-state index contributed by atoms with van der Waals surface area (Å²) in [6.45, 7) is 2.25. The fourth-order valence-electron chi connectivity index (χ4n) is 1.21. The fourth-order valence-corrected chi connectivity index (χ4v) is 1.21. The third-order valence-electron chi connectivity index (χ3n) is 2.15. The Morgan fingerprint density at radius 2 is 1.64 bits per heavy atom. The Balaban J connectivity index is 0.000000241. The molecule has 0 fully saturated rings. The van der Waals surface area contributed by atoms with E-state index in [9.17, 15) is 0 Å². The molecule has 0 amide bonds. The van der Waals surface area contributed by atoms with Crippen molar-refractivity contribution in [2.24, 2.45) is 0 Å².